The van der Waals surface area contributed by atoms with E-state index in [-0.39, 0.29) is 74.6 Å². The number of fused-ring (bicyclic) bond motifs is 2. The monoisotopic (exact) mass is 1930 g/mol. The number of phosphoric acid groups is 2. The lowest BCUT2D eigenvalue weighted by molar-refractivity contribution is -0.710. The quantitative estimate of drug-likeness (QED) is 0.0353. The average molecular weight is 1930 g/mol. The molecular weight excluding hydrogens is 1820 g/mol. The van der Waals surface area contributed by atoms with E-state index in [1.807, 2.05) is 50.2 Å². The van der Waals surface area contributed by atoms with Crippen LogP contribution in [0.4, 0.5) is 0 Å². The fourth-order valence-electron chi connectivity index (χ4n) is 15.2. The highest BCUT2D eigenvalue weighted by Gasteiger charge is 2.64. The van der Waals surface area contributed by atoms with Gasteiger partial charge in [0.15, 0.2) is 16.9 Å². The normalized spacial score (nSPS) is 37.6. The SMILES string of the molecule is CC(C)P1(=O)OCc2ccccc2CO1.CCN(CC)P1OCc2ccccc2CO1.COC1C(O)C(OC)C(O)C(OC)C1O.COC1C(OP)C(OC)[C@@H](P=O)C(OC)C1P=O.COC1C(O[O-])[C@@H](OC)C(OP(=O)([O-])[O-])C(OC)[C@H]1OP(=O)([O-])[O-].COC1C2OC3OC1C(OC)C(O3)C2OC.O.O=P[O-].OC1C2OC3OC1C(O)C(O3)C2O.P. The number of aliphatic hydroxyl groups is 6. The predicted octanol–water partition coefficient (Wildman–Crippen LogP) is -2.71. The van der Waals surface area contributed by atoms with Gasteiger partial charge in [-0.1, -0.05) is 76.2 Å². The third-order valence-corrected chi connectivity index (χ3v) is 28.0. The van der Waals surface area contributed by atoms with Crippen molar-refractivity contribution in [2.45, 2.75) is 255 Å². The van der Waals surface area contributed by atoms with Crippen LogP contribution in [0.1, 0.15) is 49.9 Å². The number of hydrogen-bond acceptors (Lipinski definition) is 45. The number of methoxy groups -OCH3 is 12. The van der Waals surface area contributed by atoms with Crippen LogP contribution in [0.3, 0.4) is 0 Å². The zero-order valence-corrected chi connectivity index (χ0v) is 78.3. The number of phosphoric ester groups is 2. The first-order valence-corrected chi connectivity index (χ1v) is 45.6. The minimum Gasteiger partial charge on any atom is -0.790 e. The third kappa shape index (κ3) is 28.1. The Hall–Kier alpha value is -0.880. The Balaban J connectivity index is 0.000000298. The van der Waals surface area contributed by atoms with Crippen LogP contribution in [0.25, 0.3) is 0 Å². The van der Waals surface area contributed by atoms with E-state index in [4.69, 9.17) is 117 Å². The molecular formula is C67H114NO45P9-6. The van der Waals surface area contributed by atoms with Crippen LogP contribution in [0.5, 0.6) is 0 Å². The first-order chi connectivity index (χ1) is 57.1. The third-order valence-electron chi connectivity index (χ3n) is 21.1. The van der Waals surface area contributed by atoms with Gasteiger partial charge < -0.3 is 197 Å². The highest BCUT2D eigenvalue weighted by Crippen LogP contribution is 2.56. The van der Waals surface area contributed by atoms with Gasteiger partial charge in [-0.2, -0.15) is 9.90 Å². The predicted molar refractivity (Wildman–Crippen MR) is 417 cm³/mol. The minimum atomic E-state index is -5.62. The Morgan fingerprint density at radius 3 is 0.959 bits per heavy atom. The van der Waals surface area contributed by atoms with Crippen molar-refractivity contribution in [2.24, 2.45) is 0 Å². The van der Waals surface area contributed by atoms with Gasteiger partial charge in [0.2, 0.25) is 0 Å². The summed E-state index contributed by atoms with van der Waals surface area (Å²) in [5.74, 6) is 0. The second kappa shape index (κ2) is 54.3. The summed E-state index contributed by atoms with van der Waals surface area (Å²) < 4.78 is 197. The van der Waals surface area contributed by atoms with Crippen molar-refractivity contribution in [1.82, 2.24) is 4.67 Å². The molecule has 5 aliphatic carbocycles. The zero-order chi connectivity index (χ0) is 89.4. The number of rotatable bonds is 24. The van der Waals surface area contributed by atoms with Crippen LogP contribution in [0.15, 0.2) is 48.5 Å². The molecule has 0 aromatic heterocycles. The van der Waals surface area contributed by atoms with E-state index in [0.29, 0.717) is 26.4 Å². The smallest absolute Gasteiger partial charge is 0.333 e. The molecule has 0 spiro atoms. The van der Waals surface area contributed by atoms with Crippen LogP contribution in [0, 0.1) is 0 Å². The summed E-state index contributed by atoms with van der Waals surface area (Å²) in [6, 6.07) is 16.2. The highest BCUT2D eigenvalue weighted by atomic mass is 31.2. The van der Waals surface area contributed by atoms with Crippen LogP contribution >= 0.6 is 76.7 Å². The number of hydrogen-bond donors (Lipinski definition) is 6. The molecule has 8 heterocycles. The van der Waals surface area contributed by atoms with Crippen molar-refractivity contribution in [3.8, 4) is 0 Å². The summed E-state index contributed by atoms with van der Waals surface area (Å²) in [7, 11) is 2.38. The molecule has 2 aromatic carbocycles. The Bertz CT molecular complexity index is 3230. The molecule has 8 N–H and O–H groups in total. The van der Waals surface area contributed by atoms with Gasteiger partial charge in [-0.05, 0) is 22.3 Å². The number of nitrogens with zero attached hydrogens (tertiary/aromatic N) is 1. The van der Waals surface area contributed by atoms with Crippen LogP contribution in [-0.2, 0) is 176 Å². The van der Waals surface area contributed by atoms with Gasteiger partial charge in [-0.25, -0.2) is 4.67 Å². The zero-order valence-electron chi connectivity index (χ0n) is 69.5. The van der Waals surface area contributed by atoms with Crippen molar-refractivity contribution in [3.63, 3.8) is 0 Å². The Morgan fingerprint density at radius 1 is 0.451 bits per heavy atom. The van der Waals surface area contributed by atoms with E-state index in [2.05, 4.69) is 54.1 Å². The molecule has 14 atom stereocenters. The van der Waals surface area contributed by atoms with E-state index in [0.717, 1.165) is 45.5 Å². The fourth-order valence-corrected chi connectivity index (χ4v) is 21.1. The Morgan fingerprint density at radius 2 is 0.721 bits per heavy atom. The number of ether oxygens (including phenoxy) is 18. The molecule has 6 saturated heterocycles. The summed E-state index contributed by atoms with van der Waals surface area (Å²) in [6.45, 7) is 10.6. The molecule has 5 saturated carbocycles. The molecule has 2 aromatic rings. The van der Waals surface area contributed by atoms with Gasteiger partial charge >= 0.3 is 7.60 Å². The second-order valence-corrected chi connectivity index (χ2v) is 36.1. The average Bonchev–Trinajstić information content (AvgIpc) is 0.797. The van der Waals surface area contributed by atoms with Gasteiger partial charge in [0, 0.05) is 108 Å². The molecule has 708 valence electrons. The molecule has 11 fully saturated rings. The van der Waals surface area contributed by atoms with Crippen molar-refractivity contribution in [2.75, 3.05) is 98.4 Å². The summed E-state index contributed by atoms with van der Waals surface area (Å²) >= 11 is 0. The van der Waals surface area contributed by atoms with Crippen LogP contribution in [-0.4, -0.2) is 340 Å². The summed E-state index contributed by atoms with van der Waals surface area (Å²) in [4.78, 5) is 55.9. The standard InChI is InChI=1S/C12H18NO2P.C11H15O3P.C10H16O6.C9H20O13P2.C9H17O6P3.C9H18O6.C7H10O6.HO2P.H2O.H3P/c1-3-13(4-2)16-14-9-11-7-5-6-8-12(11)10-15-16;1-9(2)15(12)13-7-10-5-3-4-6-11(10)8-14-15;1-11-4-7-5(12-2)9-6(13-3)8(4)15-10(14-7)16-9;1-17-4-7(20-10)5(18-2)9(22-24(14,15)16)6(19-3)8(4)21-23(11,12)13;1-12-5-4(15-16)6(13-2)9(18-11)7(14-3)8(5)17-10;1-13-7-4(10)8(14-2)6(12)9(15-3)5(7)11;8-1-4-2(9)6-3(10)5(1)12-7(11-4)13-6;1-3-2;;/h5-8H,3-4,9-10H2,1-2H3;3-6,9H,7-8H2,1-2H3;4-10H,1-3H3;4-10H,1-3H3,(H2,11,12,13)(H2,14,15,16);4-9H,16H2,1-3H3;4-12H,1-3H3;1-10H;(H,1,2);1H2;1H3/p-6/t;;;4-,5?,6?,7?,8?,9+;4?,5?,6?,7?,8-,9?;;;;;/m...11...../s1. The Kier molecular flexibility index (Phi) is 50.5. The number of benzene rings is 2. The summed E-state index contributed by atoms with van der Waals surface area (Å²) in [5.41, 5.74) is 3.63. The maximum absolute atomic E-state index is 12.2. The lowest BCUT2D eigenvalue weighted by atomic mass is 9.82. The molecule has 11 unspecified atom stereocenters. The van der Waals surface area contributed by atoms with Crippen molar-refractivity contribution in [3.05, 3.63) is 70.8 Å². The van der Waals surface area contributed by atoms with Crippen LogP contribution in [0.2, 0.25) is 0 Å². The second-order valence-electron chi connectivity index (χ2n) is 27.6. The van der Waals surface area contributed by atoms with Gasteiger partial charge in [0.1, 0.15) is 165 Å². The van der Waals surface area contributed by atoms with E-state index >= 15 is 0 Å². The molecule has 15 rings (SSSR count). The van der Waals surface area contributed by atoms with E-state index in [1.54, 1.807) is 21.3 Å². The maximum Gasteiger partial charge on any atom is 0.333 e. The van der Waals surface area contributed by atoms with Gasteiger partial charge in [-0.3, -0.25) is 18.3 Å². The summed E-state index contributed by atoms with van der Waals surface area (Å²) in [5, 5.41) is 68.9. The van der Waals surface area contributed by atoms with Gasteiger partial charge in [0.25, 0.3) is 21.5 Å². The molecule has 0 amide bonds. The van der Waals surface area contributed by atoms with Crippen molar-refractivity contribution in [1.29, 1.82) is 0 Å². The molecule has 8 aliphatic heterocycles. The van der Waals surface area contributed by atoms with Crippen LogP contribution < -0.4 is 29.7 Å². The first-order valence-electron chi connectivity index (χ1n) is 37.0. The number of aliphatic hydroxyl groups excluding tert-OH is 6. The first kappa shape index (κ1) is 113. The lowest BCUT2D eigenvalue weighted by Gasteiger charge is -2.58. The molecule has 122 heavy (non-hydrogen) atoms. The fraction of sp³-hybridized carbons (Fsp3) is 0.821. The van der Waals surface area contributed by atoms with E-state index in [9.17, 15) is 78.3 Å². The van der Waals surface area contributed by atoms with Gasteiger partial charge in [-0.15, -0.1) is 0 Å². The molecule has 13 aliphatic rings. The van der Waals surface area contributed by atoms with E-state index in [1.165, 1.54) is 53.8 Å². The van der Waals surface area contributed by atoms with Gasteiger partial charge in [0.05, 0.1) is 73.8 Å². The largest absolute Gasteiger partial charge is 0.790 e. The molecule has 46 nitrogen and oxygen atoms in total. The maximum atomic E-state index is 12.2. The molecule has 55 heteroatoms. The lowest BCUT2D eigenvalue weighted by Crippen LogP contribution is -2.76. The molecule has 8 bridgehead atoms. The molecule has 0 radical (unpaired) electrons. The van der Waals surface area contributed by atoms with E-state index < -0.39 is 199 Å². The summed E-state index contributed by atoms with van der Waals surface area (Å²) in [6.07, 6.45) is -23.7. The minimum absolute atomic E-state index is 0. The highest BCUT2D eigenvalue weighted by molar-refractivity contribution is 7.54. The van der Waals surface area contributed by atoms with Crippen molar-refractivity contribution < 1.29 is 215 Å². The Labute approximate surface area is 717 Å². The topological polar surface area (TPSA) is 637 Å². The van der Waals surface area contributed by atoms with Crippen molar-refractivity contribution >= 4 is 76.7 Å².